The Morgan fingerprint density at radius 1 is 1.00 bits per heavy atom. The van der Waals surface area contributed by atoms with Crippen LogP contribution in [0.4, 0.5) is 0 Å². The highest BCUT2D eigenvalue weighted by molar-refractivity contribution is 7.86. The van der Waals surface area contributed by atoms with Gasteiger partial charge in [0.1, 0.15) is 18.5 Å². The minimum absolute atomic E-state index is 0.0741. The number of rotatable bonds is 9. The number of aryl methyl sites for hydroxylation is 1. The van der Waals surface area contributed by atoms with Crippen LogP contribution in [0.2, 0.25) is 10.0 Å². The number of halogens is 2. The van der Waals surface area contributed by atoms with Gasteiger partial charge in [0.15, 0.2) is 0 Å². The number of benzene rings is 3. The van der Waals surface area contributed by atoms with Crippen molar-refractivity contribution in [1.82, 2.24) is 0 Å². The van der Waals surface area contributed by atoms with Crippen molar-refractivity contribution < 1.29 is 17.3 Å². The van der Waals surface area contributed by atoms with Crippen LogP contribution < -0.4 is 4.74 Å². The molecule has 0 aliphatic heterocycles. The largest absolute Gasteiger partial charge is 0.483 e. The molecule has 0 bridgehead atoms. The number of ether oxygens (including phenoxy) is 1. The predicted octanol–water partition coefficient (Wildman–Crippen LogP) is 7.34. The molecule has 0 amide bonds. The molecule has 0 aliphatic carbocycles. The Hall–Kier alpha value is -2.57. The van der Waals surface area contributed by atoms with Gasteiger partial charge in [0.05, 0.1) is 9.92 Å². The van der Waals surface area contributed by atoms with Crippen LogP contribution in [0.1, 0.15) is 18.1 Å². The lowest BCUT2D eigenvalue weighted by molar-refractivity contribution is 0.168. The van der Waals surface area contributed by atoms with Gasteiger partial charge in [-0.15, -0.1) is 0 Å². The fourth-order valence-corrected chi connectivity index (χ4v) is 4.56. The molecule has 33 heavy (non-hydrogen) atoms. The molecule has 3 rings (SSSR count). The van der Waals surface area contributed by atoms with Crippen molar-refractivity contribution in [3.63, 3.8) is 0 Å². The van der Waals surface area contributed by atoms with Gasteiger partial charge in [-0.25, -0.2) is 0 Å². The van der Waals surface area contributed by atoms with E-state index < -0.39 is 16.2 Å². The van der Waals surface area contributed by atoms with Gasteiger partial charge in [0, 0.05) is 21.7 Å². The molecular weight excluding hydrogens is 479 g/mol. The van der Waals surface area contributed by atoms with Gasteiger partial charge in [-0.1, -0.05) is 77.8 Å². The van der Waals surface area contributed by atoms with E-state index in [1.807, 2.05) is 50.3 Å². The fourth-order valence-electron chi connectivity index (χ4n) is 3.16. The number of hydrogen-bond donors (Lipinski definition) is 0. The highest BCUT2D eigenvalue weighted by Crippen LogP contribution is 2.43. The Balaban J connectivity index is 1.95. The number of hydrogen-bond acceptors (Lipinski definition) is 4. The molecule has 0 saturated carbocycles. The zero-order chi connectivity index (χ0) is 24.0. The quantitative estimate of drug-likeness (QED) is 0.226. The molecule has 7 heteroatoms. The Bertz CT molecular complexity index is 1270. The summed E-state index contributed by atoms with van der Waals surface area (Å²) < 4.78 is 36.7. The molecule has 0 fully saturated rings. The summed E-state index contributed by atoms with van der Waals surface area (Å²) in [6, 6.07) is 17.3. The second-order valence-electron chi connectivity index (χ2n) is 7.26. The fraction of sp³-hybridized carbons (Fsp3) is 0.154. The summed E-state index contributed by atoms with van der Waals surface area (Å²) in [5, 5.41) is 0.956. The molecule has 3 aromatic rings. The molecule has 3 aromatic carbocycles. The first-order chi connectivity index (χ1) is 15.8. The lowest BCUT2D eigenvalue weighted by Gasteiger charge is -2.21. The van der Waals surface area contributed by atoms with Crippen LogP contribution in [-0.4, -0.2) is 21.1 Å². The second kappa shape index (κ2) is 11.0. The summed E-state index contributed by atoms with van der Waals surface area (Å²) in [5.41, 5.74) is 3.00. The van der Waals surface area contributed by atoms with E-state index in [0.29, 0.717) is 26.9 Å². The Kier molecular flexibility index (Phi) is 8.38. The summed E-state index contributed by atoms with van der Waals surface area (Å²) >= 11 is 13.0. The van der Waals surface area contributed by atoms with Gasteiger partial charge in [0.2, 0.25) is 0 Å². The molecule has 0 N–H and O–H groups in total. The zero-order valence-corrected chi connectivity index (χ0v) is 20.6. The van der Waals surface area contributed by atoms with Gasteiger partial charge < -0.3 is 4.74 Å². The topological polar surface area (TPSA) is 52.6 Å². The Morgan fingerprint density at radius 2 is 1.70 bits per heavy atom. The average Bonchev–Trinajstić information content (AvgIpc) is 2.79. The third-order valence-corrected chi connectivity index (χ3v) is 6.80. The van der Waals surface area contributed by atoms with Crippen molar-refractivity contribution in [3.05, 3.63) is 101 Å². The highest BCUT2D eigenvalue weighted by atomic mass is 35.5. The van der Waals surface area contributed by atoms with Crippen LogP contribution in [-0.2, 0) is 14.3 Å². The van der Waals surface area contributed by atoms with Gasteiger partial charge in [-0.2, -0.15) is 8.42 Å². The Morgan fingerprint density at radius 3 is 2.33 bits per heavy atom. The van der Waals surface area contributed by atoms with E-state index in [4.69, 9.17) is 32.1 Å². The average molecular weight is 503 g/mol. The van der Waals surface area contributed by atoms with Crippen LogP contribution in [0, 0.1) is 6.92 Å². The molecular formula is C26H24Cl2O4S. The molecule has 0 heterocycles. The predicted molar refractivity (Wildman–Crippen MR) is 136 cm³/mol. The van der Waals surface area contributed by atoms with Gasteiger partial charge in [-0.05, 0) is 50.3 Å². The van der Waals surface area contributed by atoms with E-state index in [1.165, 1.54) is 18.2 Å². The summed E-state index contributed by atoms with van der Waals surface area (Å²) in [4.78, 5) is 0.0741. The van der Waals surface area contributed by atoms with Crippen LogP contribution in [0.5, 0.6) is 5.75 Å². The lowest BCUT2D eigenvalue weighted by atomic mass is 10.0. The molecule has 0 aliphatic rings. The van der Waals surface area contributed by atoms with Gasteiger partial charge in [0.25, 0.3) is 10.1 Å². The first kappa shape index (κ1) is 25.1. The summed E-state index contributed by atoms with van der Waals surface area (Å²) in [5.74, 6) is 0.454. The molecule has 4 nitrogen and oxygen atoms in total. The molecule has 1 atom stereocenters. The smallest absolute Gasteiger partial charge is 0.297 e. The number of allylic oxidation sites excluding steroid dienone is 1. The summed E-state index contributed by atoms with van der Waals surface area (Å²) in [6.45, 7) is 7.29. The standard InChI is InChI=1S/C26H24Cl2O4S/c1-4-8-19-13-16-24(28)25(22-9-6-7-10-23(22)27)26(19)32-20(5-2)17-31-33(29,30)21-14-11-18(3)12-15-21/h4-16,20H,2,17H2,1,3H3/t20-/m1/s1. The van der Waals surface area contributed by atoms with Crippen LogP contribution >= 0.6 is 23.2 Å². The van der Waals surface area contributed by atoms with E-state index in [-0.39, 0.29) is 11.5 Å². The molecule has 0 aromatic heterocycles. The second-order valence-corrected chi connectivity index (χ2v) is 9.69. The molecule has 0 unspecified atom stereocenters. The van der Waals surface area contributed by atoms with Crippen LogP contribution in [0.3, 0.4) is 0 Å². The van der Waals surface area contributed by atoms with Gasteiger partial charge in [-0.3, -0.25) is 4.18 Å². The van der Waals surface area contributed by atoms with E-state index >= 15 is 0 Å². The van der Waals surface area contributed by atoms with Crippen LogP contribution in [0.25, 0.3) is 17.2 Å². The monoisotopic (exact) mass is 502 g/mol. The molecule has 0 spiro atoms. The Labute approximate surface area is 205 Å². The molecule has 172 valence electrons. The van der Waals surface area contributed by atoms with E-state index in [9.17, 15) is 8.42 Å². The normalized spacial score (nSPS) is 12.6. The first-order valence-electron chi connectivity index (χ1n) is 10.2. The van der Waals surface area contributed by atoms with Crippen molar-refractivity contribution in [3.8, 4) is 16.9 Å². The third kappa shape index (κ3) is 6.06. The molecule has 0 radical (unpaired) electrons. The minimum Gasteiger partial charge on any atom is -0.483 e. The van der Waals surface area contributed by atoms with Crippen molar-refractivity contribution in [1.29, 1.82) is 0 Å². The maximum atomic E-state index is 12.6. The van der Waals surface area contributed by atoms with Crippen molar-refractivity contribution in [2.75, 3.05) is 6.61 Å². The minimum atomic E-state index is -3.96. The summed E-state index contributed by atoms with van der Waals surface area (Å²) in [7, 11) is -3.96. The van der Waals surface area contributed by atoms with Crippen molar-refractivity contribution in [2.24, 2.45) is 0 Å². The SMILES string of the molecule is C=C[C@H](COS(=O)(=O)c1ccc(C)cc1)Oc1c(C=CC)ccc(Cl)c1-c1ccccc1Cl. The summed E-state index contributed by atoms with van der Waals surface area (Å²) in [6.07, 6.45) is 4.46. The van der Waals surface area contributed by atoms with Crippen molar-refractivity contribution >= 4 is 39.4 Å². The maximum Gasteiger partial charge on any atom is 0.297 e. The van der Waals surface area contributed by atoms with Crippen molar-refractivity contribution in [2.45, 2.75) is 24.8 Å². The third-order valence-electron chi connectivity index (χ3n) is 4.86. The van der Waals surface area contributed by atoms with E-state index in [0.717, 1.165) is 11.1 Å². The highest BCUT2D eigenvalue weighted by Gasteiger charge is 2.22. The first-order valence-corrected chi connectivity index (χ1v) is 12.4. The van der Waals surface area contributed by atoms with Gasteiger partial charge >= 0.3 is 0 Å². The molecule has 0 saturated heterocycles. The zero-order valence-electron chi connectivity index (χ0n) is 18.3. The van der Waals surface area contributed by atoms with Crippen LogP contribution in [0.15, 0.2) is 84.3 Å². The lowest BCUT2D eigenvalue weighted by Crippen LogP contribution is -2.23. The van der Waals surface area contributed by atoms with E-state index in [1.54, 1.807) is 24.3 Å². The maximum absolute atomic E-state index is 12.6. The van der Waals surface area contributed by atoms with E-state index in [2.05, 4.69) is 6.58 Å².